The van der Waals surface area contributed by atoms with Gasteiger partial charge in [-0.1, -0.05) is 13.8 Å². The lowest BCUT2D eigenvalue weighted by molar-refractivity contribution is 0.469. The largest absolute Gasteiger partial charge is 0.508 e. The van der Waals surface area contributed by atoms with Crippen LogP contribution >= 0.6 is 0 Å². The Balaban J connectivity index is 2.65. The van der Waals surface area contributed by atoms with Gasteiger partial charge in [0.1, 0.15) is 11.5 Å². The van der Waals surface area contributed by atoms with Crippen molar-refractivity contribution in [2.24, 2.45) is 0 Å². The lowest BCUT2D eigenvalue weighted by Crippen LogP contribution is -2.06. The van der Waals surface area contributed by atoms with E-state index in [4.69, 9.17) is 0 Å². The molecule has 2 aromatic carbocycles. The molecule has 0 heterocycles. The van der Waals surface area contributed by atoms with Crippen molar-refractivity contribution >= 4 is 0 Å². The van der Waals surface area contributed by atoms with Crippen molar-refractivity contribution in [2.75, 3.05) is 0 Å². The van der Waals surface area contributed by atoms with Crippen LogP contribution in [0.1, 0.15) is 58.4 Å². The number of benzene rings is 2. The minimum absolute atomic E-state index is 0.387. The van der Waals surface area contributed by atoms with Crippen LogP contribution in [0.15, 0.2) is 12.1 Å². The summed E-state index contributed by atoms with van der Waals surface area (Å²) in [7, 11) is 0. The zero-order valence-electron chi connectivity index (χ0n) is 15.2. The van der Waals surface area contributed by atoms with Crippen molar-refractivity contribution in [2.45, 2.75) is 60.8 Å². The number of aryl methyl sites for hydroxylation is 2. The maximum Gasteiger partial charge on any atom is 0.119 e. The first-order valence-electron chi connectivity index (χ1n) is 8.43. The topological polar surface area (TPSA) is 40.5 Å². The number of rotatable bonds is 4. The second-order valence-corrected chi connectivity index (χ2v) is 6.47. The summed E-state index contributed by atoms with van der Waals surface area (Å²) < 4.78 is 0. The fourth-order valence-electron chi connectivity index (χ4n) is 3.66. The Labute approximate surface area is 139 Å². The summed E-state index contributed by atoms with van der Waals surface area (Å²) in [5.74, 6) is 0.773. The predicted octanol–water partition coefficient (Wildman–Crippen LogP) is 5.05. The van der Waals surface area contributed by atoms with Gasteiger partial charge in [-0.3, -0.25) is 0 Å². The second kappa shape index (κ2) is 6.66. The molecule has 0 amide bonds. The highest BCUT2D eigenvalue weighted by Crippen LogP contribution is 2.33. The molecule has 124 valence electrons. The van der Waals surface area contributed by atoms with Crippen molar-refractivity contribution in [3.05, 3.63) is 56.6 Å². The van der Waals surface area contributed by atoms with E-state index >= 15 is 0 Å². The Kier molecular flexibility index (Phi) is 5.03. The van der Waals surface area contributed by atoms with Crippen molar-refractivity contribution in [3.63, 3.8) is 0 Å². The van der Waals surface area contributed by atoms with E-state index in [-0.39, 0.29) is 0 Å². The highest BCUT2D eigenvalue weighted by atomic mass is 16.3. The molecule has 0 bridgehead atoms. The summed E-state index contributed by atoms with van der Waals surface area (Å²) in [6, 6.07) is 3.75. The van der Waals surface area contributed by atoms with Crippen LogP contribution in [0.2, 0.25) is 0 Å². The first-order chi connectivity index (χ1) is 10.8. The Morgan fingerprint density at radius 1 is 0.652 bits per heavy atom. The van der Waals surface area contributed by atoms with E-state index < -0.39 is 0 Å². The van der Waals surface area contributed by atoms with E-state index in [1.807, 2.05) is 26.0 Å². The van der Waals surface area contributed by atoms with Crippen LogP contribution in [-0.2, 0) is 19.3 Å². The van der Waals surface area contributed by atoms with Gasteiger partial charge in [-0.05, 0) is 104 Å². The Morgan fingerprint density at radius 3 is 1.30 bits per heavy atom. The fraction of sp³-hybridized carbons (Fsp3) is 0.429. The van der Waals surface area contributed by atoms with Gasteiger partial charge in [0.15, 0.2) is 0 Å². The normalized spacial score (nSPS) is 11.0. The molecule has 0 aromatic heterocycles. The van der Waals surface area contributed by atoms with Crippen molar-refractivity contribution < 1.29 is 10.2 Å². The Hall–Kier alpha value is -1.96. The summed E-state index contributed by atoms with van der Waals surface area (Å²) >= 11 is 0. The molecule has 0 aliphatic heterocycles. The zero-order chi connectivity index (χ0) is 17.3. The molecule has 2 N–H and O–H groups in total. The standard InChI is InChI=1S/C21H28O2/c1-7-16-14(5)20(22)9-12(3)18(16)11-19-13(4)10-21(23)15(6)17(19)8-2/h9-10,22-23H,7-8,11H2,1-6H3. The average Bonchev–Trinajstić information content (AvgIpc) is 2.50. The number of phenols is 2. The van der Waals surface area contributed by atoms with Gasteiger partial charge >= 0.3 is 0 Å². The fourth-order valence-corrected chi connectivity index (χ4v) is 3.66. The van der Waals surface area contributed by atoms with E-state index in [2.05, 4.69) is 27.7 Å². The highest BCUT2D eigenvalue weighted by molar-refractivity contribution is 5.54. The van der Waals surface area contributed by atoms with Gasteiger partial charge in [-0.15, -0.1) is 0 Å². The molecule has 0 radical (unpaired) electrons. The Morgan fingerprint density at radius 2 is 1.00 bits per heavy atom. The summed E-state index contributed by atoms with van der Waals surface area (Å²) in [6.45, 7) is 12.4. The lowest BCUT2D eigenvalue weighted by Gasteiger charge is -2.20. The van der Waals surface area contributed by atoms with Gasteiger partial charge in [-0.2, -0.15) is 0 Å². The van der Waals surface area contributed by atoms with E-state index in [0.717, 1.165) is 41.5 Å². The second-order valence-electron chi connectivity index (χ2n) is 6.47. The number of hydrogen-bond acceptors (Lipinski definition) is 2. The van der Waals surface area contributed by atoms with Crippen molar-refractivity contribution in [1.82, 2.24) is 0 Å². The van der Waals surface area contributed by atoms with E-state index in [1.165, 1.54) is 22.3 Å². The number of phenolic OH excluding ortho intramolecular Hbond substituents is 2. The number of aromatic hydroxyl groups is 2. The molecule has 0 saturated carbocycles. The summed E-state index contributed by atoms with van der Waals surface area (Å²) in [6.07, 6.45) is 2.67. The number of hydrogen-bond donors (Lipinski definition) is 2. The quantitative estimate of drug-likeness (QED) is 0.829. The molecule has 2 heteroatoms. The van der Waals surface area contributed by atoms with Gasteiger partial charge in [-0.25, -0.2) is 0 Å². The zero-order valence-corrected chi connectivity index (χ0v) is 15.2. The molecule has 0 atom stereocenters. The van der Waals surface area contributed by atoms with Gasteiger partial charge in [0.05, 0.1) is 0 Å². The third-order valence-electron chi connectivity index (χ3n) is 5.12. The molecule has 0 aliphatic carbocycles. The van der Waals surface area contributed by atoms with Gasteiger partial charge in [0.25, 0.3) is 0 Å². The maximum atomic E-state index is 10.1. The van der Waals surface area contributed by atoms with E-state index in [9.17, 15) is 10.2 Å². The molecule has 0 aliphatic rings. The molecule has 0 saturated heterocycles. The SMILES string of the molecule is CCc1c(C)c(O)cc(C)c1Cc1c(C)cc(O)c(C)c1CC. The first-order valence-corrected chi connectivity index (χ1v) is 8.43. The maximum absolute atomic E-state index is 10.1. The van der Waals surface area contributed by atoms with E-state index in [1.54, 1.807) is 0 Å². The third kappa shape index (κ3) is 3.08. The Bertz CT molecular complexity index is 679. The summed E-state index contributed by atoms with van der Waals surface area (Å²) in [5.41, 5.74) is 9.36. The molecule has 2 aromatic rings. The van der Waals surface area contributed by atoms with Crippen molar-refractivity contribution in [1.29, 1.82) is 0 Å². The first kappa shape index (κ1) is 17.4. The van der Waals surface area contributed by atoms with Crippen molar-refractivity contribution in [3.8, 4) is 11.5 Å². The average molecular weight is 312 g/mol. The van der Waals surface area contributed by atoms with Crippen LogP contribution in [0.25, 0.3) is 0 Å². The van der Waals surface area contributed by atoms with Crippen LogP contribution in [0.5, 0.6) is 11.5 Å². The highest BCUT2D eigenvalue weighted by Gasteiger charge is 2.17. The van der Waals surface area contributed by atoms with E-state index in [0.29, 0.717) is 11.5 Å². The monoisotopic (exact) mass is 312 g/mol. The molecule has 2 nitrogen and oxygen atoms in total. The predicted molar refractivity (Wildman–Crippen MR) is 96.7 cm³/mol. The van der Waals surface area contributed by atoms with Crippen LogP contribution in [-0.4, -0.2) is 10.2 Å². The van der Waals surface area contributed by atoms with Crippen LogP contribution in [0.3, 0.4) is 0 Å². The van der Waals surface area contributed by atoms with Gasteiger partial charge in [0.2, 0.25) is 0 Å². The summed E-state index contributed by atoms with van der Waals surface area (Å²) in [4.78, 5) is 0. The molecular weight excluding hydrogens is 284 g/mol. The summed E-state index contributed by atoms with van der Waals surface area (Å²) in [5, 5.41) is 20.2. The van der Waals surface area contributed by atoms with Crippen LogP contribution in [0, 0.1) is 27.7 Å². The van der Waals surface area contributed by atoms with Gasteiger partial charge < -0.3 is 10.2 Å². The van der Waals surface area contributed by atoms with Gasteiger partial charge in [0, 0.05) is 0 Å². The molecule has 0 unspecified atom stereocenters. The van der Waals surface area contributed by atoms with Crippen LogP contribution in [0.4, 0.5) is 0 Å². The molecule has 0 fully saturated rings. The molecule has 23 heavy (non-hydrogen) atoms. The van der Waals surface area contributed by atoms with Crippen LogP contribution < -0.4 is 0 Å². The molecular formula is C21H28O2. The lowest BCUT2D eigenvalue weighted by atomic mass is 9.85. The molecule has 2 rings (SSSR count). The minimum Gasteiger partial charge on any atom is -0.508 e. The molecule has 0 spiro atoms. The third-order valence-corrected chi connectivity index (χ3v) is 5.12. The minimum atomic E-state index is 0.387. The smallest absolute Gasteiger partial charge is 0.119 e.